The van der Waals surface area contributed by atoms with E-state index in [0.29, 0.717) is 4.88 Å². The van der Waals surface area contributed by atoms with Crippen molar-refractivity contribution in [2.45, 2.75) is 19.4 Å². The van der Waals surface area contributed by atoms with Crippen molar-refractivity contribution in [1.82, 2.24) is 4.72 Å². The molecule has 9 heteroatoms. The molecule has 2 heterocycles. The van der Waals surface area contributed by atoms with Crippen molar-refractivity contribution in [3.8, 4) is 0 Å². The van der Waals surface area contributed by atoms with E-state index in [1.165, 1.54) is 18.3 Å². The summed E-state index contributed by atoms with van der Waals surface area (Å²) in [4.78, 5) is 24.2. The molecule has 1 unspecified atom stereocenters. The van der Waals surface area contributed by atoms with Crippen molar-refractivity contribution in [2.75, 3.05) is 6.26 Å². The second-order valence-corrected chi connectivity index (χ2v) is 7.26. The normalized spacial score (nSPS) is 22.1. The number of nitrogens with one attached hydrogen (secondary N) is 1. The Hall–Kier alpha value is -1.87. The molecular weight excluding hydrogens is 318 g/mol. The first kappa shape index (κ1) is 15.5. The van der Waals surface area contributed by atoms with Gasteiger partial charge in [0.25, 0.3) is 5.78 Å². The van der Waals surface area contributed by atoms with E-state index in [9.17, 15) is 18.0 Å². The van der Waals surface area contributed by atoms with Crippen LogP contribution in [0.3, 0.4) is 0 Å². The zero-order valence-electron chi connectivity index (χ0n) is 11.5. The largest absolute Gasteiger partial charge is 0.455 e. The van der Waals surface area contributed by atoms with Gasteiger partial charge in [-0.25, -0.2) is 8.42 Å². The highest BCUT2D eigenvalue weighted by Gasteiger charge is 2.50. The van der Waals surface area contributed by atoms with Crippen LogP contribution in [0, 0.1) is 0 Å². The first-order valence-electron chi connectivity index (χ1n) is 5.82. The highest BCUT2D eigenvalue weighted by molar-refractivity contribution is 7.88. The molecule has 1 aromatic rings. The van der Waals surface area contributed by atoms with E-state index in [1.54, 1.807) is 17.5 Å². The average molecular weight is 331 g/mol. The molecule has 0 spiro atoms. The second kappa shape index (κ2) is 5.15. The Morgan fingerprint density at radius 1 is 1.48 bits per heavy atom. The van der Waals surface area contributed by atoms with Gasteiger partial charge in [-0.2, -0.15) is 0 Å². The molecule has 114 valence electrons. The maximum absolute atomic E-state index is 12.5. The molecule has 0 saturated heterocycles. The SMILES string of the molecule is CC(=O)OC1=C(NS(C)(=O)=O)OC(C)(c2cccs2)C1=O. The molecule has 0 aliphatic carbocycles. The lowest BCUT2D eigenvalue weighted by molar-refractivity contribution is -0.142. The van der Waals surface area contributed by atoms with Crippen LogP contribution in [-0.4, -0.2) is 26.4 Å². The Kier molecular flexibility index (Phi) is 3.81. The molecule has 1 N–H and O–H groups in total. The number of esters is 1. The van der Waals surface area contributed by atoms with Gasteiger partial charge in [-0.3, -0.25) is 14.3 Å². The van der Waals surface area contributed by atoms with E-state index in [4.69, 9.17) is 9.47 Å². The van der Waals surface area contributed by atoms with Crippen molar-refractivity contribution in [2.24, 2.45) is 0 Å². The van der Waals surface area contributed by atoms with Gasteiger partial charge < -0.3 is 9.47 Å². The molecular formula is C12H13NO6S2. The first-order valence-corrected chi connectivity index (χ1v) is 8.59. The summed E-state index contributed by atoms with van der Waals surface area (Å²) in [6.07, 6.45) is 0.903. The topological polar surface area (TPSA) is 98.8 Å². The number of sulfonamides is 1. The van der Waals surface area contributed by atoms with Crippen LogP contribution in [0.25, 0.3) is 0 Å². The number of hydrogen-bond acceptors (Lipinski definition) is 7. The minimum Gasteiger partial charge on any atom is -0.455 e. The molecule has 21 heavy (non-hydrogen) atoms. The van der Waals surface area contributed by atoms with E-state index in [-0.39, 0.29) is 5.88 Å². The lowest BCUT2D eigenvalue weighted by Gasteiger charge is -2.21. The second-order valence-electron chi connectivity index (χ2n) is 4.57. The van der Waals surface area contributed by atoms with Gasteiger partial charge in [0.2, 0.25) is 27.3 Å². The Labute approximate surface area is 125 Å². The lowest BCUT2D eigenvalue weighted by atomic mass is 9.99. The molecule has 0 aromatic carbocycles. The van der Waals surface area contributed by atoms with Gasteiger partial charge in [-0.1, -0.05) is 6.07 Å². The number of rotatable bonds is 4. The smallest absolute Gasteiger partial charge is 0.308 e. The summed E-state index contributed by atoms with van der Waals surface area (Å²) in [5.74, 6) is -2.19. The van der Waals surface area contributed by atoms with Crippen LogP contribution >= 0.6 is 11.3 Å². The number of ether oxygens (including phenoxy) is 2. The van der Waals surface area contributed by atoms with Gasteiger partial charge in [-0.05, 0) is 18.4 Å². The number of carbonyl (C=O) groups is 2. The minimum atomic E-state index is -3.69. The van der Waals surface area contributed by atoms with Crippen molar-refractivity contribution in [3.05, 3.63) is 34.0 Å². The van der Waals surface area contributed by atoms with E-state index in [0.717, 1.165) is 13.2 Å². The zero-order chi connectivity index (χ0) is 15.8. The van der Waals surface area contributed by atoms with Crippen LogP contribution < -0.4 is 4.72 Å². The van der Waals surface area contributed by atoms with Crippen LogP contribution in [-0.2, 0) is 34.7 Å². The molecule has 7 nitrogen and oxygen atoms in total. The standard InChI is InChI=1S/C12H13NO6S2/c1-7(14)18-9-10(15)12(2,8-5-4-6-20-8)19-11(9)13-21(3,16)17/h4-6,13H,1-3H3. The molecule has 1 atom stereocenters. The molecule has 0 fully saturated rings. The van der Waals surface area contributed by atoms with Gasteiger partial charge in [0.1, 0.15) is 0 Å². The summed E-state index contributed by atoms with van der Waals surface area (Å²) in [5.41, 5.74) is -1.42. The summed E-state index contributed by atoms with van der Waals surface area (Å²) in [7, 11) is -3.69. The lowest BCUT2D eigenvalue weighted by Crippen LogP contribution is -2.31. The summed E-state index contributed by atoms with van der Waals surface area (Å²) < 4.78 is 35.0. The Balaban J connectivity index is 2.45. The molecule has 0 radical (unpaired) electrons. The third-order valence-electron chi connectivity index (χ3n) is 2.67. The molecule has 1 aliphatic heterocycles. The van der Waals surface area contributed by atoms with Crippen molar-refractivity contribution < 1.29 is 27.5 Å². The van der Waals surface area contributed by atoms with Crippen LogP contribution in [0.5, 0.6) is 0 Å². The van der Waals surface area contributed by atoms with Gasteiger partial charge in [0.15, 0.2) is 0 Å². The van der Waals surface area contributed by atoms with E-state index < -0.39 is 33.1 Å². The maximum Gasteiger partial charge on any atom is 0.308 e. The van der Waals surface area contributed by atoms with Crippen LogP contribution in [0.1, 0.15) is 18.7 Å². The molecule has 2 rings (SSSR count). The molecule has 0 saturated carbocycles. The quantitative estimate of drug-likeness (QED) is 0.821. The third-order valence-corrected chi connectivity index (χ3v) is 4.30. The van der Waals surface area contributed by atoms with Crippen LogP contribution in [0.4, 0.5) is 0 Å². The maximum atomic E-state index is 12.5. The fourth-order valence-corrected chi connectivity index (χ4v) is 3.09. The molecule has 1 aromatic heterocycles. The van der Waals surface area contributed by atoms with Crippen molar-refractivity contribution in [3.63, 3.8) is 0 Å². The summed E-state index contributed by atoms with van der Waals surface area (Å²) in [5, 5.41) is 1.75. The molecule has 0 amide bonds. The van der Waals surface area contributed by atoms with Gasteiger partial charge >= 0.3 is 5.97 Å². The fraction of sp³-hybridized carbons (Fsp3) is 0.333. The van der Waals surface area contributed by atoms with E-state index in [1.807, 2.05) is 0 Å². The Bertz CT molecular complexity index is 719. The summed E-state index contributed by atoms with van der Waals surface area (Å²) in [6, 6.07) is 3.41. The molecule has 1 aliphatic rings. The highest BCUT2D eigenvalue weighted by Crippen LogP contribution is 2.40. The zero-order valence-corrected chi connectivity index (χ0v) is 13.1. The minimum absolute atomic E-state index is 0.381. The average Bonchev–Trinajstić information content (AvgIpc) is 2.92. The first-order chi connectivity index (χ1) is 9.63. The number of hydrogen-bond donors (Lipinski definition) is 1. The predicted molar refractivity (Wildman–Crippen MR) is 74.5 cm³/mol. The number of ketones is 1. The van der Waals surface area contributed by atoms with Crippen molar-refractivity contribution in [1.29, 1.82) is 0 Å². The fourth-order valence-electron chi connectivity index (χ4n) is 1.80. The number of carbonyl (C=O) groups excluding carboxylic acids is 2. The highest BCUT2D eigenvalue weighted by atomic mass is 32.2. The van der Waals surface area contributed by atoms with E-state index in [2.05, 4.69) is 4.72 Å². The third kappa shape index (κ3) is 3.08. The Morgan fingerprint density at radius 2 is 2.14 bits per heavy atom. The monoisotopic (exact) mass is 331 g/mol. The molecule has 0 bridgehead atoms. The Morgan fingerprint density at radius 3 is 2.62 bits per heavy atom. The van der Waals surface area contributed by atoms with Gasteiger partial charge in [-0.15, -0.1) is 11.3 Å². The summed E-state index contributed by atoms with van der Waals surface area (Å²) >= 11 is 1.27. The van der Waals surface area contributed by atoms with Gasteiger partial charge in [0.05, 0.1) is 11.1 Å². The van der Waals surface area contributed by atoms with Crippen LogP contribution in [0.15, 0.2) is 29.2 Å². The van der Waals surface area contributed by atoms with Gasteiger partial charge in [0, 0.05) is 6.92 Å². The number of Topliss-reactive ketones (excluding diaryl/α,β-unsaturated/α-hetero) is 1. The van der Waals surface area contributed by atoms with E-state index >= 15 is 0 Å². The number of thiophene rings is 1. The van der Waals surface area contributed by atoms with Crippen molar-refractivity contribution >= 4 is 33.1 Å². The van der Waals surface area contributed by atoms with Crippen LogP contribution in [0.2, 0.25) is 0 Å². The summed E-state index contributed by atoms with van der Waals surface area (Å²) in [6.45, 7) is 2.60. The predicted octanol–water partition coefficient (Wildman–Crippen LogP) is 0.844.